The summed E-state index contributed by atoms with van der Waals surface area (Å²) in [4.78, 5) is 26.8. The van der Waals surface area contributed by atoms with Gasteiger partial charge >= 0.3 is 0 Å². The van der Waals surface area contributed by atoms with Crippen molar-refractivity contribution in [2.45, 2.75) is 18.4 Å². The summed E-state index contributed by atoms with van der Waals surface area (Å²) in [6.07, 6.45) is 1.81. The summed E-state index contributed by atoms with van der Waals surface area (Å²) in [6.45, 7) is 2.44. The third-order valence-electron chi connectivity index (χ3n) is 5.30. The molecule has 1 spiro atoms. The van der Waals surface area contributed by atoms with Crippen LogP contribution in [-0.4, -0.2) is 37.0 Å². The Hall–Kier alpha value is -1.59. The molecule has 3 aliphatic rings. The number of anilines is 1. The van der Waals surface area contributed by atoms with Gasteiger partial charge in [0.15, 0.2) is 0 Å². The van der Waals surface area contributed by atoms with Crippen LogP contribution in [0, 0.1) is 11.8 Å². The smallest absolute Gasteiger partial charge is 0.232 e. The Morgan fingerprint density at radius 1 is 1.05 bits per heavy atom. The van der Waals surface area contributed by atoms with Crippen molar-refractivity contribution in [3.05, 3.63) is 30.3 Å². The monoisotopic (exact) mass is 321 g/mol. The predicted molar refractivity (Wildman–Crippen MR) is 86.0 cm³/mol. The first-order valence-corrected chi connectivity index (χ1v) is 7.60. The zero-order valence-electron chi connectivity index (χ0n) is 12.2. The number of piperidine rings is 1. The molecule has 2 atom stereocenters. The van der Waals surface area contributed by atoms with Gasteiger partial charge in [0.1, 0.15) is 0 Å². The number of amides is 2. The SMILES string of the molecule is Cl.O=C1NC(=O)C2C1CN(c1ccccc1)C21CCNCC1. The van der Waals surface area contributed by atoms with Crippen molar-refractivity contribution in [1.29, 1.82) is 0 Å². The van der Waals surface area contributed by atoms with Crippen molar-refractivity contribution >= 4 is 29.9 Å². The maximum atomic E-state index is 12.3. The molecule has 1 aromatic rings. The number of benzene rings is 1. The van der Waals surface area contributed by atoms with E-state index in [1.54, 1.807) is 0 Å². The standard InChI is InChI=1S/C16H19N3O2.ClH/c20-14-12-10-19(11-4-2-1-3-5-11)16(6-8-17-9-7-16)13(12)15(21)18-14;/h1-5,12-13,17H,6-10H2,(H,18,20,21);1H. The largest absolute Gasteiger partial charge is 0.364 e. The summed E-state index contributed by atoms with van der Waals surface area (Å²) in [5, 5.41) is 5.91. The molecule has 0 aliphatic carbocycles. The average molecular weight is 322 g/mol. The minimum Gasteiger partial charge on any atom is -0.364 e. The van der Waals surface area contributed by atoms with Crippen LogP contribution in [0.5, 0.6) is 0 Å². The topological polar surface area (TPSA) is 61.4 Å². The maximum Gasteiger partial charge on any atom is 0.232 e. The van der Waals surface area contributed by atoms with E-state index < -0.39 is 0 Å². The zero-order chi connectivity index (χ0) is 14.4. The van der Waals surface area contributed by atoms with Crippen LogP contribution in [0.1, 0.15) is 12.8 Å². The third kappa shape index (κ3) is 2.03. The number of nitrogens with zero attached hydrogens (tertiary/aromatic N) is 1. The number of imide groups is 1. The first kappa shape index (κ1) is 15.3. The fraction of sp³-hybridized carbons (Fsp3) is 0.500. The van der Waals surface area contributed by atoms with Gasteiger partial charge in [0.25, 0.3) is 0 Å². The molecule has 2 N–H and O–H groups in total. The van der Waals surface area contributed by atoms with Gasteiger partial charge in [0.2, 0.25) is 11.8 Å². The van der Waals surface area contributed by atoms with Gasteiger partial charge in [-0.2, -0.15) is 0 Å². The third-order valence-corrected chi connectivity index (χ3v) is 5.30. The predicted octanol–water partition coefficient (Wildman–Crippen LogP) is 0.939. The van der Waals surface area contributed by atoms with Crippen molar-refractivity contribution in [3.8, 4) is 0 Å². The first-order chi connectivity index (χ1) is 10.2. The Labute approximate surface area is 135 Å². The minimum atomic E-state index is -0.215. The molecule has 0 bridgehead atoms. The van der Waals surface area contributed by atoms with Gasteiger partial charge in [0, 0.05) is 12.2 Å². The molecule has 3 saturated heterocycles. The van der Waals surface area contributed by atoms with E-state index in [1.165, 1.54) is 0 Å². The highest BCUT2D eigenvalue weighted by atomic mass is 35.5. The van der Waals surface area contributed by atoms with Gasteiger partial charge in [-0.25, -0.2) is 0 Å². The molecule has 3 aliphatic heterocycles. The second kappa shape index (κ2) is 5.56. The molecule has 0 saturated carbocycles. The molecule has 22 heavy (non-hydrogen) atoms. The van der Waals surface area contributed by atoms with Gasteiger partial charge in [-0.1, -0.05) is 18.2 Å². The molecule has 3 heterocycles. The molecular weight excluding hydrogens is 302 g/mol. The Morgan fingerprint density at radius 3 is 2.41 bits per heavy atom. The van der Waals surface area contributed by atoms with Gasteiger partial charge < -0.3 is 10.2 Å². The summed E-state index contributed by atoms with van der Waals surface area (Å²) < 4.78 is 0. The zero-order valence-corrected chi connectivity index (χ0v) is 13.1. The van der Waals surface area contributed by atoms with Crippen LogP contribution in [-0.2, 0) is 9.59 Å². The molecule has 3 fully saturated rings. The van der Waals surface area contributed by atoms with Crippen LogP contribution in [0.4, 0.5) is 5.69 Å². The van der Waals surface area contributed by atoms with E-state index in [9.17, 15) is 9.59 Å². The molecule has 0 radical (unpaired) electrons. The molecule has 4 rings (SSSR count). The highest BCUT2D eigenvalue weighted by Gasteiger charge is 2.62. The van der Waals surface area contributed by atoms with Crippen LogP contribution in [0.3, 0.4) is 0 Å². The number of carbonyl (C=O) groups excluding carboxylic acids is 2. The highest BCUT2D eigenvalue weighted by Crippen LogP contribution is 2.48. The van der Waals surface area contributed by atoms with Gasteiger partial charge in [-0.15, -0.1) is 12.4 Å². The lowest BCUT2D eigenvalue weighted by molar-refractivity contribution is -0.127. The van der Waals surface area contributed by atoms with Crippen molar-refractivity contribution in [2.24, 2.45) is 11.8 Å². The second-order valence-electron chi connectivity index (χ2n) is 6.24. The van der Waals surface area contributed by atoms with Crippen molar-refractivity contribution in [1.82, 2.24) is 10.6 Å². The first-order valence-electron chi connectivity index (χ1n) is 7.60. The van der Waals surface area contributed by atoms with Crippen LogP contribution in [0.15, 0.2) is 30.3 Å². The van der Waals surface area contributed by atoms with E-state index in [2.05, 4.69) is 27.7 Å². The Morgan fingerprint density at radius 2 is 1.73 bits per heavy atom. The number of nitrogens with one attached hydrogen (secondary N) is 2. The second-order valence-corrected chi connectivity index (χ2v) is 6.24. The van der Waals surface area contributed by atoms with E-state index in [-0.39, 0.29) is 41.6 Å². The number of rotatable bonds is 1. The normalized spacial score (nSPS) is 29.2. The van der Waals surface area contributed by atoms with Crippen LogP contribution in [0.25, 0.3) is 0 Å². The van der Waals surface area contributed by atoms with Gasteiger partial charge in [-0.05, 0) is 38.1 Å². The number of hydrogen-bond acceptors (Lipinski definition) is 4. The molecule has 118 valence electrons. The number of carbonyl (C=O) groups is 2. The fourth-order valence-electron chi connectivity index (χ4n) is 4.39. The minimum absolute atomic E-state index is 0. The summed E-state index contributed by atoms with van der Waals surface area (Å²) in [5.74, 6) is -0.574. The van der Waals surface area contributed by atoms with Crippen LogP contribution < -0.4 is 15.5 Å². The maximum absolute atomic E-state index is 12.3. The van der Waals surface area contributed by atoms with Crippen molar-refractivity contribution < 1.29 is 9.59 Å². The van der Waals surface area contributed by atoms with Crippen LogP contribution in [0.2, 0.25) is 0 Å². The molecule has 6 heteroatoms. The summed E-state index contributed by atoms with van der Waals surface area (Å²) in [5.41, 5.74) is 0.905. The van der Waals surface area contributed by atoms with E-state index >= 15 is 0 Å². The van der Waals surface area contributed by atoms with Crippen molar-refractivity contribution in [3.63, 3.8) is 0 Å². The van der Waals surface area contributed by atoms with Crippen LogP contribution >= 0.6 is 12.4 Å². The lowest BCUT2D eigenvalue weighted by Gasteiger charge is -2.45. The summed E-state index contributed by atoms with van der Waals surface area (Å²) in [6, 6.07) is 10.2. The molecule has 0 aromatic heterocycles. The van der Waals surface area contributed by atoms with Crippen molar-refractivity contribution in [2.75, 3.05) is 24.5 Å². The van der Waals surface area contributed by atoms with E-state index in [0.717, 1.165) is 31.6 Å². The quantitative estimate of drug-likeness (QED) is 0.756. The van der Waals surface area contributed by atoms with Gasteiger partial charge in [-0.3, -0.25) is 14.9 Å². The number of hydrogen-bond donors (Lipinski definition) is 2. The fourth-order valence-corrected chi connectivity index (χ4v) is 4.39. The molecule has 1 aromatic carbocycles. The van der Waals surface area contributed by atoms with E-state index in [4.69, 9.17) is 0 Å². The summed E-state index contributed by atoms with van der Waals surface area (Å²) in [7, 11) is 0. The van der Waals surface area contributed by atoms with E-state index in [1.807, 2.05) is 18.2 Å². The van der Waals surface area contributed by atoms with E-state index in [0.29, 0.717) is 6.54 Å². The Bertz CT molecular complexity index is 586. The Balaban J connectivity index is 0.00000144. The highest BCUT2D eigenvalue weighted by molar-refractivity contribution is 6.07. The number of para-hydroxylation sites is 1. The number of halogens is 1. The molecule has 2 unspecified atom stereocenters. The lowest BCUT2D eigenvalue weighted by Crippen LogP contribution is -2.56. The Kier molecular flexibility index (Phi) is 3.87. The number of fused-ring (bicyclic) bond motifs is 2. The molecule has 5 nitrogen and oxygen atoms in total. The average Bonchev–Trinajstić information content (AvgIpc) is 2.98. The molecular formula is C16H20ClN3O2. The van der Waals surface area contributed by atoms with Gasteiger partial charge in [0.05, 0.1) is 17.4 Å². The summed E-state index contributed by atoms with van der Waals surface area (Å²) >= 11 is 0. The lowest BCUT2D eigenvalue weighted by atomic mass is 9.74. The molecule has 2 amide bonds.